The molecule has 0 aliphatic carbocycles. The fourth-order valence-electron chi connectivity index (χ4n) is 1.36. The van der Waals surface area contributed by atoms with E-state index in [1.54, 1.807) is 21.0 Å². The molecule has 0 fully saturated rings. The quantitative estimate of drug-likeness (QED) is 0.606. The molecule has 0 saturated carbocycles. The molecule has 17 heavy (non-hydrogen) atoms. The highest BCUT2D eigenvalue weighted by atomic mass is 16.6. The zero-order valence-corrected chi connectivity index (χ0v) is 10.4. The first kappa shape index (κ1) is 13.4. The zero-order chi connectivity index (χ0) is 12.9. The number of rotatable bonds is 6. The van der Waals surface area contributed by atoms with Crippen LogP contribution in [0.15, 0.2) is 24.3 Å². The van der Waals surface area contributed by atoms with E-state index in [0.717, 1.165) is 11.3 Å². The van der Waals surface area contributed by atoms with Gasteiger partial charge in [-0.15, -0.1) is 0 Å². The maximum absolute atomic E-state index is 10.7. The Hall–Kier alpha value is -1.62. The van der Waals surface area contributed by atoms with Crippen LogP contribution < -0.4 is 10.1 Å². The lowest BCUT2D eigenvalue weighted by molar-refractivity contribution is -0.558. The second-order valence-electron chi connectivity index (χ2n) is 4.52. The lowest BCUT2D eigenvalue weighted by Gasteiger charge is -2.16. The molecule has 5 heteroatoms. The number of hydrogen-bond donors (Lipinski definition) is 1. The molecule has 1 rings (SSSR count). The van der Waals surface area contributed by atoms with E-state index in [2.05, 4.69) is 5.32 Å². The van der Waals surface area contributed by atoms with E-state index in [9.17, 15) is 10.1 Å². The predicted octanol–water partition coefficient (Wildman–Crippen LogP) is 1.84. The van der Waals surface area contributed by atoms with Crippen LogP contribution in [-0.2, 0) is 6.54 Å². The second-order valence-corrected chi connectivity index (χ2v) is 4.52. The van der Waals surface area contributed by atoms with Crippen LogP contribution >= 0.6 is 0 Å². The van der Waals surface area contributed by atoms with Crippen LogP contribution in [0.1, 0.15) is 19.4 Å². The largest absolute Gasteiger partial charge is 0.497 e. The van der Waals surface area contributed by atoms with Crippen molar-refractivity contribution in [3.8, 4) is 5.75 Å². The number of nitrogens with zero attached hydrogens (tertiary/aromatic N) is 1. The molecule has 1 aromatic carbocycles. The summed E-state index contributed by atoms with van der Waals surface area (Å²) in [5, 5.41) is 13.8. The van der Waals surface area contributed by atoms with Gasteiger partial charge < -0.3 is 10.1 Å². The molecule has 0 aliphatic heterocycles. The molecule has 0 unspecified atom stereocenters. The Morgan fingerprint density at radius 1 is 1.47 bits per heavy atom. The molecule has 5 nitrogen and oxygen atoms in total. The molecule has 0 amide bonds. The van der Waals surface area contributed by atoms with Gasteiger partial charge in [0.1, 0.15) is 5.75 Å². The summed E-state index contributed by atoms with van der Waals surface area (Å²) >= 11 is 0. The summed E-state index contributed by atoms with van der Waals surface area (Å²) < 4.78 is 5.10. The first-order valence-corrected chi connectivity index (χ1v) is 5.44. The number of nitrogens with one attached hydrogen (secondary N) is 1. The minimum atomic E-state index is -0.946. The Balaban J connectivity index is 2.48. The van der Waals surface area contributed by atoms with E-state index >= 15 is 0 Å². The zero-order valence-electron chi connectivity index (χ0n) is 10.4. The molecule has 1 N–H and O–H groups in total. The highest BCUT2D eigenvalue weighted by Crippen LogP contribution is 2.12. The van der Waals surface area contributed by atoms with Gasteiger partial charge in [0.25, 0.3) is 0 Å². The van der Waals surface area contributed by atoms with Gasteiger partial charge >= 0.3 is 0 Å². The van der Waals surface area contributed by atoms with Gasteiger partial charge in [-0.3, -0.25) is 10.1 Å². The van der Waals surface area contributed by atoms with Crippen molar-refractivity contribution < 1.29 is 9.66 Å². The van der Waals surface area contributed by atoms with Gasteiger partial charge in [0.05, 0.1) is 13.7 Å². The van der Waals surface area contributed by atoms with Crippen LogP contribution in [0.4, 0.5) is 0 Å². The van der Waals surface area contributed by atoms with Gasteiger partial charge in [-0.25, -0.2) is 0 Å². The smallest absolute Gasteiger partial charge is 0.229 e. The van der Waals surface area contributed by atoms with Crippen LogP contribution in [0.2, 0.25) is 0 Å². The van der Waals surface area contributed by atoms with Crippen molar-refractivity contribution in [3.63, 3.8) is 0 Å². The second kappa shape index (κ2) is 5.63. The van der Waals surface area contributed by atoms with Gasteiger partial charge in [-0.1, -0.05) is 12.1 Å². The Morgan fingerprint density at radius 2 is 2.18 bits per heavy atom. The molecule has 0 heterocycles. The van der Waals surface area contributed by atoms with Crippen LogP contribution in [0.25, 0.3) is 0 Å². The molecule has 0 aromatic heterocycles. The fourth-order valence-corrected chi connectivity index (χ4v) is 1.36. The highest BCUT2D eigenvalue weighted by Gasteiger charge is 2.29. The predicted molar refractivity (Wildman–Crippen MR) is 65.8 cm³/mol. The molecule has 0 aliphatic rings. The van der Waals surface area contributed by atoms with E-state index < -0.39 is 5.54 Å². The summed E-state index contributed by atoms with van der Waals surface area (Å²) in [6, 6.07) is 7.62. The van der Waals surface area contributed by atoms with Crippen LogP contribution in [0.3, 0.4) is 0 Å². The summed E-state index contributed by atoms with van der Waals surface area (Å²) in [4.78, 5) is 10.4. The maximum Gasteiger partial charge on any atom is 0.229 e. The van der Waals surface area contributed by atoms with E-state index in [1.165, 1.54) is 0 Å². The third-order valence-corrected chi connectivity index (χ3v) is 2.52. The summed E-state index contributed by atoms with van der Waals surface area (Å²) in [5.74, 6) is 0.790. The molecule has 0 bridgehead atoms. The average Bonchev–Trinajstić information content (AvgIpc) is 2.29. The summed E-state index contributed by atoms with van der Waals surface area (Å²) in [7, 11) is 1.61. The Kier molecular flexibility index (Phi) is 4.45. The molecule has 0 saturated heterocycles. The van der Waals surface area contributed by atoms with Crippen molar-refractivity contribution in [3.05, 3.63) is 39.9 Å². The van der Waals surface area contributed by atoms with E-state index in [4.69, 9.17) is 4.74 Å². The lowest BCUT2D eigenvalue weighted by atomic mass is 10.1. The molecule has 94 valence electrons. The number of methoxy groups -OCH3 is 1. The summed E-state index contributed by atoms with van der Waals surface area (Å²) in [6.07, 6.45) is 0. The standard InChI is InChI=1S/C12H18N2O3/c1-12(2,14(15)16)9-13-8-10-5-4-6-11(7-10)17-3/h4-7,13H,8-9H2,1-3H3. The molecule has 0 atom stereocenters. The van der Waals surface area contributed by atoms with E-state index in [1.807, 2.05) is 24.3 Å². The number of benzene rings is 1. The van der Waals surface area contributed by atoms with Crippen molar-refractivity contribution in [2.45, 2.75) is 25.9 Å². The van der Waals surface area contributed by atoms with Gasteiger partial charge in [0.15, 0.2) is 0 Å². The van der Waals surface area contributed by atoms with Crippen molar-refractivity contribution >= 4 is 0 Å². The minimum absolute atomic E-state index is 0.272. The maximum atomic E-state index is 10.7. The normalized spacial score (nSPS) is 11.2. The van der Waals surface area contributed by atoms with Gasteiger partial charge in [-0.05, 0) is 17.7 Å². The van der Waals surface area contributed by atoms with Crippen molar-refractivity contribution in [2.75, 3.05) is 13.7 Å². The van der Waals surface area contributed by atoms with Crippen molar-refractivity contribution in [1.29, 1.82) is 0 Å². The number of hydrogen-bond acceptors (Lipinski definition) is 4. The first-order valence-electron chi connectivity index (χ1n) is 5.44. The lowest BCUT2D eigenvalue weighted by Crippen LogP contribution is -2.41. The fraction of sp³-hybridized carbons (Fsp3) is 0.500. The number of nitro groups is 1. The first-order chi connectivity index (χ1) is 7.95. The van der Waals surface area contributed by atoms with Gasteiger partial charge in [0, 0.05) is 25.3 Å². The third kappa shape index (κ3) is 4.03. The van der Waals surface area contributed by atoms with Crippen LogP contribution in [0.5, 0.6) is 5.75 Å². The Labute approximate surface area is 101 Å². The van der Waals surface area contributed by atoms with E-state index in [-0.39, 0.29) is 4.92 Å². The molecular formula is C12H18N2O3. The average molecular weight is 238 g/mol. The van der Waals surface area contributed by atoms with Crippen LogP contribution in [0, 0.1) is 10.1 Å². The molecule has 0 radical (unpaired) electrons. The van der Waals surface area contributed by atoms with Crippen molar-refractivity contribution in [1.82, 2.24) is 5.32 Å². The van der Waals surface area contributed by atoms with Gasteiger partial charge in [-0.2, -0.15) is 0 Å². The SMILES string of the molecule is COc1cccc(CNCC(C)(C)[N+](=O)[O-])c1. The highest BCUT2D eigenvalue weighted by molar-refractivity contribution is 5.28. The molecule has 0 spiro atoms. The van der Waals surface area contributed by atoms with E-state index in [0.29, 0.717) is 13.1 Å². The monoisotopic (exact) mass is 238 g/mol. The molecular weight excluding hydrogens is 220 g/mol. The van der Waals surface area contributed by atoms with Crippen molar-refractivity contribution in [2.24, 2.45) is 0 Å². The minimum Gasteiger partial charge on any atom is -0.497 e. The third-order valence-electron chi connectivity index (χ3n) is 2.52. The topological polar surface area (TPSA) is 64.4 Å². The summed E-state index contributed by atoms with van der Waals surface area (Å²) in [5.41, 5.74) is 0.0993. The van der Waals surface area contributed by atoms with Crippen LogP contribution in [-0.4, -0.2) is 24.1 Å². The Morgan fingerprint density at radius 3 is 2.76 bits per heavy atom. The molecule has 1 aromatic rings. The number of ether oxygens (including phenoxy) is 1. The van der Waals surface area contributed by atoms with Gasteiger partial charge in [0.2, 0.25) is 5.54 Å². The summed E-state index contributed by atoms with van der Waals surface area (Å²) in [6.45, 7) is 4.13. The Bertz CT molecular complexity index is 391.